The van der Waals surface area contributed by atoms with E-state index in [9.17, 15) is 9.59 Å². The van der Waals surface area contributed by atoms with E-state index in [1.807, 2.05) is 12.3 Å². The van der Waals surface area contributed by atoms with Crippen LogP contribution >= 0.6 is 11.3 Å². The molecule has 0 fully saturated rings. The van der Waals surface area contributed by atoms with E-state index in [0.717, 1.165) is 5.01 Å². The molecule has 0 aliphatic heterocycles. The number of nitrogens with zero attached hydrogens (tertiary/aromatic N) is 1. The van der Waals surface area contributed by atoms with Crippen LogP contribution in [0.25, 0.3) is 0 Å². The van der Waals surface area contributed by atoms with Crippen molar-refractivity contribution in [3.05, 3.63) is 40.2 Å². The van der Waals surface area contributed by atoms with Gasteiger partial charge in [-0.25, -0.2) is 14.6 Å². The Kier molecular flexibility index (Phi) is 4.94. The Morgan fingerprint density at radius 1 is 1.43 bits per heavy atom. The second-order valence-electron chi connectivity index (χ2n) is 4.41. The molecule has 8 heteroatoms. The summed E-state index contributed by atoms with van der Waals surface area (Å²) in [5, 5.41) is 16.9. The van der Waals surface area contributed by atoms with E-state index in [4.69, 9.17) is 9.52 Å². The molecular weight excluding hydrogens is 294 g/mol. The van der Waals surface area contributed by atoms with Gasteiger partial charge in [-0.2, -0.15) is 0 Å². The zero-order valence-corrected chi connectivity index (χ0v) is 12.1. The van der Waals surface area contributed by atoms with E-state index in [1.54, 1.807) is 17.5 Å². The molecule has 0 aromatic carbocycles. The van der Waals surface area contributed by atoms with Gasteiger partial charge < -0.3 is 20.2 Å². The Balaban J connectivity index is 1.73. The van der Waals surface area contributed by atoms with Gasteiger partial charge in [0.15, 0.2) is 0 Å². The minimum absolute atomic E-state index is 0.130. The molecule has 2 aromatic heterocycles. The molecule has 3 N–H and O–H groups in total. The standard InChI is InChI=1S/C13H15N3O4S/c1-8(11-14-4-5-21-11)6-15-13(19)16-7-9-2-3-10(20-9)12(17)18/h2-5,8H,6-7H2,1H3,(H,17,18)(H2,15,16,19). The van der Waals surface area contributed by atoms with Crippen molar-refractivity contribution < 1.29 is 19.1 Å². The van der Waals surface area contributed by atoms with Gasteiger partial charge in [-0.05, 0) is 12.1 Å². The van der Waals surface area contributed by atoms with Crippen molar-refractivity contribution in [2.24, 2.45) is 0 Å². The summed E-state index contributed by atoms with van der Waals surface area (Å²) < 4.78 is 5.03. The number of furan rings is 1. The molecule has 21 heavy (non-hydrogen) atoms. The van der Waals surface area contributed by atoms with Gasteiger partial charge >= 0.3 is 12.0 Å². The Morgan fingerprint density at radius 3 is 2.86 bits per heavy atom. The number of aromatic carboxylic acids is 1. The Labute approximate surface area is 125 Å². The fourth-order valence-electron chi connectivity index (χ4n) is 1.63. The first kappa shape index (κ1) is 15.0. The molecule has 2 amide bonds. The minimum atomic E-state index is -1.14. The van der Waals surface area contributed by atoms with Crippen molar-refractivity contribution in [1.29, 1.82) is 0 Å². The number of aromatic nitrogens is 1. The highest BCUT2D eigenvalue weighted by atomic mass is 32.1. The second-order valence-corrected chi connectivity index (χ2v) is 5.33. The average molecular weight is 309 g/mol. The molecule has 0 bridgehead atoms. The lowest BCUT2D eigenvalue weighted by Crippen LogP contribution is -2.36. The number of carbonyl (C=O) groups excluding carboxylic acids is 1. The highest BCUT2D eigenvalue weighted by Crippen LogP contribution is 2.16. The molecule has 0 radical (unpaired) electrons. The molecule has 0 aliphatic rings. The van der Waals surface area contributed by atoms with Crippen molar-refractivity contribution in [2.75, 3.05) is 6.54 Å². The topological polar surface area (TPSA) is 104 Å². The van der Waals surface area contributed by atoms with Crippen LogP contribution in [-0.4, -0.2) is 28.6 Å². The van der Waals surface area contributed by atoms with E-state index in [2.05, 4.69) is 15.6 Å². The molecule has 112 valence electrons. The monoisotopic (exact) mass is 309 g/mol. The van der Waals surface area contributed by atoms with Crippen LogP contribution in [-0.2, 0) is 6.54 Å². The van der Waals surface area contributed by atoms with E-state index in [-0.39, 0.29) is 24.3 Å². The molecule has 7 nitrogen and oxygen atoms in total. The van der Waals surface area contributed by atoms with Crippen molar-refractivity contribution in [3.8, 4) is 0 Å². The molecule has 0 saturated heterocycles. The molecule has 1 atom stereocenters. The number of amides is 2. The van der Waals surface area contributed by atoms with Gasteiger partial charge in [0.05, 0.1) is 11.6 Å². The van der Waals surface area contributed by atoms with Crippen LogP contribution in [0.4, 0.5) is 4.79 Å². The number of hydrogen-bond donors (Lipinski definition) is 3. The van der Waals surface area contributed by atoms with Crippen LogP contribution in [0.3, 0.4) is 0 Å². The van der Waals surface area contributed by atoms with E-state index in [0.29, 0.717) is 12.3 Å². The lowest BCUT2D eigenvalue weighted by atomic mass is 10.2. The van der Waals surface area contributed by atoms with Gasteiger partial charge in [0.1, 0.15) is 5.76 Å². The van der Waals surface area contributed by atoms with Gasteiger partial charge in [-0.3, -0.25) is 0 Å². The maximum atomic E-state index is 11.6. The molecule has 2 aromatic rings. The van der Waals surface area contributed by atoms with E-state index < -0.39 is 5.97 Å². The molecule has 2 rings (SSSR count). The second kappa shape index (κ2) is 6.89. The predicted octanol–water partition coefficient (Wildman–Crippen LogP) is 2.04. The number of thiazole rings is 1. The lowest BCUT2D eigenvalue weighted by molar-refractivity contribution is 0.0660. The third-order valence-corrected chi connectivity index (χ3v) is 3.74. The first-order valence-electron chi connectivity index (χ1n) is 6.29. The summed E-state index contributed by atoms with van der Waals surface area (Å²) in [6, 6.07) is 2.52. The number of rotatable bonds is 6. The SMILES string of the molecule is CC(CNC(=O)NCc1ccc(C(=O)O)o1)c1nccs1. The lowest BCUT2D eigenvalue weighted by Gasteiger charge is -2.10. The summed E-state index contributed by atoms with van der Waals surface area (Å²) in [5.74, 6) is -0.763. The Hall–Kier alpha value is -2.35. The first-order chi connectivity index (χ1) is 10.1. The Bertz CT molecular complexity index is 609. The van der Waals surface area contributed by atoms with Crippen LogP contribution in [0.1, 0.15) is 34.2 Å². The minimum Gasteiger partial charge on any atom is -0.475 e. The van der Waals surface area contributed by atoms with Crippen molar-refractivity contribution in [1.82, 2.24) is 15.6 Å². The quantitative estimate of drug-likeness (QED) is 0.757. The van der Waals surface area contributed by atoms with Crippen LogP contribution in [0, 0.1) is 0 Å². The average Bonchev–Trinajstić information content (AvgIpc) is 3.13. The summed E-state index contributed by atoms with van der Waals surface area (Å²) in [6.45, 7) is 2.58. The number of nitrogens with one attached hydrogen (secondary N) is 2. The number of hydrogen-bond acceptors (Lipinski definition) is 5. The van der Waals surface area contributed by atoms with Crippen LogP contribution in [0.2, 0.25) is 0 Å². The maximum Gasteiger partial charge on any atom is 0.371 e. The fraction of sp³-hybridized carbons (Fsp3) is 0.308. The van der Waals surface area contributed by atoms with Gasteiger partial charge in [-0.15, -0.1) is 11.3 Å². The highest BCUT2D eigenvalue weighted by Gasteiger charge is 2.11. The summed E-state index contributed by atoms with van der Waals surface area (Å²) in [5.41, 5.74) is 0. The van der Waals surface area contributed by atoms with Gasteiger partial charge in [0.2, 0.25) is 5.76 Å². The van der Waals surface area contributed by atoms with Crippen molar-refractivity contribution >= 4 is 23.3 Å². The molecule has 0 saturated carbocycles. The third kappa shape index (κ3) is 4.32. The van der Waals surface area contributed by atoms with Crippen LogP contribution < -0.4 is 10.6 Å². The van der Waals surface area contributed by atoms with Crippen LogP contribution in [0.5, 0.6) is 0 Å². The number of carboxylic acids is 1. The fourth-order valence-corrected chi connectivity index (χ4v) is 2.33. The predicted molar refractivity (Wildman–Crippen MR) is 76.4 cm³/mol. The van der Waals surface area contributed by atoms with Gasteiger partial charge in [0.25, 0.3) is 0 Å². The first-order valence-corrected chi connectivity index (χ1v) is 7.17. The highest BCUT2D eigenvalue weighted by molar-refractivity contribution is 7.09. The molecule has 0 aliphatic carbocycles. The summed E-state index contributed by atoms with van der Waals surface area (Å²) in [4.78, 5) is 26.5. The third-order valence-electron chi connectivity index (χ3n) is 2.74. The van der Waals surface area contributed by atoms with Crippen LogP contribution in [0.15, 0.2) is 28.1 Å². The zero-order valence-electron chi connectivity index (χ0n) is 11.3. The zero-order chi connectivity index (χ0) is 15.2. The molecule has 1 unspecified atom stereocenters. The summed E-state index contributed by atoms with van der Waals surface area (Å²) in [6.07, 6.45) is 1.73. The largest absolute Gasteiger partial charge is 0.475 e. The van der Waals surface area contributed by atoms with Gasteiger partial charge in [-0.1, -0.05) is 6.92 Å². The van der Waals surface area contributed by atoms with Crippen molar-refractivity contribution in [3.63, 3.8) is 0 Å². The van der Waals surface area contributed by atoms with E-state index >= 15 is 0 Å². The molecular formula is C13H15N3O4S. The smallest absolute Gasteiger partial charge is 0.371 e. The maximum absolute atomic E-state index is 11.6. The number of carboxylic acid groups (broad SMARTS) is 1. The Morgan fingerprint density at radius 2 is 2.24 bits per heavy atom. The normalized spacial score (nSPS) is 11.9. The van der Waals surface area contributed by atoms with E-state index in [1.165, 1.54) is 12.1 Å². The summed E-state index contributed by atoms with van der Waals surface area (Å²) in [7, 11) is 0. The molecule has 0 spiro atoms. The van der Waals surface area contributed by atoms with Crippen molar-refractivity contribution in [2.45, 2.75) is 19.4 Å². The number of urea groups is 1. The number of carbonyl (C=O) groups is 2. The summed E-state index contributed by atoms with van der Waals surface area (Å²) >= 11 is 1.54. The van der Waals surface area contributed by atoms with Gasteiger partial charge in [0, 0.05) is 24.0 Å². The molecule has 2 heterocycles.